The van der Waals surface area contributed by atoms with Gasteiger partial charge in [0, 0.05) is 32.2 Å². The quantitative estimate of drug-likeness (QED) is 0.329. The van der Waals surface area contributed by atoms with Gasteiger partial charge in [-0.05, 0) is 31.5 Å². The summed E-state index contributed by atoms with van der Waals surface area (Å²) < 4.78 is 16.1. The second-order valence-electron chi connectivity index (χ2n) is 6.26. The topological polar surface area (TPSA) is 67.4 Å². The van der Waals surface area contributed by atoms with Crippen LogP contribution in [0, 0.1) is 0 Å². The number of nitrogens with one attached hydrogen (secondary N) is 2. The molecule has 1 aromatic carbocycles. The summed E-state index contributed by atoms with van der Waals surface area (Å²) >= 11 is 0. The molecule has 1 aliphatic rings. The van der Waals surface area contributed by atoms with Crippen molar-refractivity contribution in [3.63, 3.8) is 0 Å². The van der Waals surface area contributed by atoms with Crippen LogP contribution in [0.1, 0.15) is 19.4 Å². The Kier molecular flexibility index (Phi) is 11.5. The smallest absolute Gasteiger partial charge is 0.191 e. The monoisotopic (exact) mass is 492 g/mol. The molecule has 27 heavy (non-hydrogen) atoms. The van der Waals surface area contributed by atoms with Crippen LogP contribution in [0.3, 0.4) is 0 Å². The van der Waals surface area contributed by atoms with Crippen LogP contribution >= 0.6 is 24.0 Å². The first-order chi connectivity index (χ1) is 12.7. The fourth-order valence-electron chi connectivity index (χ4n) is 2.88. The van der Waals surface area contributed by atoms with E-state index in [4.69, 9.17) is 14.2 Å². The average molecular weight is 492 g/mol. The van der Waals surface area contributed by atoms with Crippen molar-refractivity contribution < 1.29 is 14.2 Å². The predicted octanol–water partition coefficient (Wildman–Crippen LogP) is 2.10. The fourth-order valence-corrected chi connectivity index (χ4v) is 2.88. The number of halogens is 1. The van der Waals surface area contributed by atoms with Gasteiger partial charge in [0.05, 0.1) is 34.0 Å². The summed E-state index contributed by atoms with van der Waals surface area (Å²) in [6.45, 7) is 10.2. The van der Waals surface area contributed by atoms with Gasteiger partial charge in [0.1, 0.15) is 0 Å². The molecule has 0 amide bonds. The van der Waals surface area contributed by atoms with Gasteiger partial charge in [-0.15, -0.1) is 24.0 Å². The van der Waals surface area contributed by atoms with E-state index in [0.29, 0.717) is 12.6 Å². The molecular weight excluding hydrogens is 459 g/mol. The third-order valence-electron chi connectivity index (χ3n) is 4.45. The standard InChI is InChI=1S/C19H32N4O3.HI/c1-5-20-19(21-13-15(2)23-8-10-26-11-9-23)22-14-16-6-7-17(24-3)18(12-16)25-4;/h6-7,12,15H,5,8-11,13-14H2,1-4H3,(H2,20,21,22);1H. The molecule has 2 N–H and O–H groups in total. The van der Waals surface area contributed by atoms with Gasteiger partial charge in [-0.2, -0.15) is 0 Å². The molecule has 1 atom stereocenters. The molecule has 7 nitrogen and oxygen atoms in total. The zero-order valence-corrected chi connectivity index (χ0v) is 19.1. The minimum atomic E-state index is 0. The number of aliphatic imine (C=N–C) groups is 1. The van der Waals surface area contributed by atoms with Crippen LogP contribution in [-0.4, -0.2) is 70.5 Å². The Morgan fingerprint density at radius 1 is 1.19 bits per heavy atom. The van der Waals surface area contributed by atoms with Crippen LogP contribution < -0.4 is 20.1 Å². The molecule has 0 radical (unpaired) electrons. The van der Waals surface area contributed by atoms with Crippen molar-refractivity contribution in [2.24, 2.45) is 4.99 Å². The van der Waals surface area contributed by atoms with Crippen LogP contribution in [0.25, 0.3) is 0 Å². The molecule has 0 spiro atoms. The molecule has 0 saturated carbocycles. The van der Waals surface area contributed by atoms with E-state index >= 15 is 0 Å². The largest absolute Gasteiger partial charge is 0.493 e. The van der Waals surface area contributed by atoms with Gasteiger partial charge in [-0.25, -0.2) is 4.99 Å². The summed E-state index contributed by atoms with van der Waals surface area (Å²) in [6.07, 6.45) is 0. The van der Waals surface area contributed by atoms with E-state index in [9.17, 15) is 0 Å². The molecular formula is C19H33IN4O3. The molecule has 1 saturated heterocycles. The Balaban J connectivity index is 0.00000364. The van der Waals surface area contributed by atoms with Crippen molar-refractivity contribution in [1.82, 2.24) is 15.5 Å². The number of morpholine rings is 1. The van der Waals surface area contributed by atoms with Crippen LogP contribution in [-0.2, 0) is 11.3 Å². The van der Waals surface area contributed by atoms with E-state index in [0.717, 1.165) is 62.4 Å². The Hall–Kier alpha value is -1.26. The highest BCUT2D eigenvalue weighted by molar-refractivity contribution is 14.0. The number of ether oxygens (including phenoxy) is 3. The van der Waals surface area contributed by atoms with Crippen molar-refractivity contribution >= 4 is 29.9 Å². The summed E-state index contributed by atoms with van der Waals surface area (Å²) in [5.41, 5.74) is 1.07. The number of benzene rings is 1. The summed E-state index contributed by atoms with van der Waals surface area (Å²) in [5, 5.41) is 6.74. The third kappa shape index (κ3) is 7.71. The highest BCUT2D eigenvalue weighted by Crippen LogP contribution is 2.27. The van der Waals surface area contributed by atoms with Gasteiger partial charge >= 0.3 is 0 Å². The number of methoxy groups -OCH3 is 2. The van der Waals surface area contributed by atoms with E-state index in [2.05, 4.69) is 34.4 Å². The second kappa shape index (κ2) is 13.0. The second-order valence-corrected chi connectivity index (χ2v) is 6.26. The Morgan fingerprint density at radius 2 is 1.89 bits per heavy atom. The SMILES string of the molecule is CCNC(=NCc1ccc(OC)c(OC)c1)NCC(C)N1CCOCC1.I. The molecule has 1 fully saturated rings. The molecule has 2 rings (SSSR count). The molecule has 154 valence electrons. The zero-order valence-electron chi connectivity index (χ0n) is 16.8. The first-order valence-electron chi connectivity index (χ1n) is 9.22. The van der Waals surface area contributed by atoms with Crippen LogP contribution in [0.2, 0.25) is 0 Å². The predicted molar refractivity (Wildman–Crippen MR) is 120 cm³/mol. The summed E-state index contributed by atoms with van der Waals surface area (Å²) in [7, 11) is 3.28. The van der Waals surface area contributed by atoms with Crippen molar-refractivity contribution in [2.45, 2.75) is 26.4 Å². The fraction of sp³-hybridized carbons (Fsp3) is 0.632. The lowest BCUT2D eigenvalue weighted by Gasteiger charge is -2.32. The summed E-state index contributed by atoms with van der Waals surface area (Å²) in [4.78, 5) is 7.13. The van der Waals surface area contributed by atoms with E-state index < -0.39 is 0 Å². The first-order valence-corrected chi connectivity index (χ1v) is 9.22. The Bertz CT molecular complexity index is 580. The maximum absolute atomic E-state index is 5.42. The average Bonchev–Trinajstić information content (AvgIpc) is 2.70. The lowest BCUT2D eigenvalue weighted by atomic mass is 10.2. The minimum absolute atomic E-state index is 0. The zero-order chi connectivity index (χ0) is 18.8. The van der Waals surface area contributed by atoms with Gasteiger partial charge in [0.25, 0.3) is 0 Å². The number of guanidine groups is 1. The van der Waals surface area contributed by atoms with Crippen molar-refractivity contribution in [3.8, 4) is 11.5 Å². The maximum atomic E-state index is 5.42. The lowest BCUT2D eigenvalue weighted by Crippen LogP contribution is -2.49. The maximum Gasteiger partial charge on any atom is 0.191 e. The van der Waals surface area contributed by atoms with Gasteiger partial charge in [-0.3, -0.25) is 4.90 Å². The third-order valence-corrected chi connectivity index (χ3v) is 4.45. The van der Waals surface area contributed by atoms with Gasteiger partial charge in [0.2, 0.25) is 0 Å². The van der Waals surface area contributed by atoms with Crippen LogP contribution in [0.15, 0.2) is 23.2 Å². The van der Waals surface area contributed by atoms with Crippen LogP contribution in [0.4, 0.5) is 0 Å². The molecule has 0 aliphatic carbocycles. The minimum Gasteiger partial charge on any atom is -0.493 e. The Labute approximate surface area is 179 Å². The molecule has 1 unspecified atom stereocenters. The highest BCUT2D eigenvalue weighted by Gasteiger charge is 2.17. The van der Waals surface area contributed by atoms with Crippen molar-refractivity contribution in [2.75, 3.05) is 53.6 Å². The molecule has 1 aliphatic heterocycles. The highest BCUT2D eigenvalue weighted by atomic mass is 127. The van der Waals surface area contributed by atoms with E-state index in [-0.39, 0.29) is 24.0 Å². The summed E-state index contributed by atoms with van der Waals surface area (Å²) in [6, 6.07) is 6.31. The number of nitrogens with zero attached hydrogens (tertiary/aromatic N) is 2. The van der Waals surface area contributed by atoms with E-state index in [1.165, 1.54) is 0 Å². The lowest BCUT2D eigenvalue weighted by molar-refractivity contribution is 0.0211. The van der Waals surface area contributed by atoms with E-state index in [1.807, 2.05) is 18.2 Å². The van der Waals surface area contributed by atoms with Crippen LogP contribution in [0.5, 0.6) is 11.5 Å². The number of hydrogen-bond donors (Lipinski definition) is 2. The molecule has 8 heteroatoms. The molecule has 0 bridgehead atoms. The number of hydrogen-bond acceptors (Lipinski definition) is 5. The van der Waals surface area contributed by atoms with Crippen molar-refractivity contribution in [1.29, 1.82) is 0 Å². The van der Waals surface area contributed by atoms with Crippen molar-refractivity contribution in [3.05, 3.63) is 23.8 Å². The number of rotatable bonds is 8. The van der Waals surface area contributed by atoms with E-state index in [1.54, 1.807) is 14.2 Å². The Morgan fingerprint density at radius 3 is 2.52 bits per heavy atom. The molecule has 0 aromatic heterocycles. The molecule has 1 heterocycles. The first kappa shape index (κ1) is 23.8. The summed E-state index contributed by atoms with van der Waals surface area (Å²) in [5.74, 6) is 2.27. The van der Waals surface area contributed by atoms with Gasteiger partial charge in [-0.1, -0.05) is 6.07 Å². The normalized spacial score (nSPS) is 16.2. The molecule has 1 aromatic rings. The van der Waals surface area contributed by atoms with Gasteiger partial charge in [0.15, 0.2) is 17.5 Å². The van der Waals surface area contributed by atoms with Gasteiger partial charge < -0.3 is 24.8 Å².